The van der Waals surface area contributed by atoms with Gasteiger partial charge in [0.1, 0.15) is 5.82 Å². The molecule has 1 aromatic carbocycles. The van der Waals surface area contributed by atoms with Crippen LogP contribution in [0.2, 0.25) is 0 Å². The zero-order valence-electron chi connectivity index (χ0n) is 8.03. The van der Waals surface area contributed by atoms with Gasteiger partial charge in [-0.05, 0) is 23.8 Å². The third-order valence-corrected chi connectivity index (χ3v) is 1.75. The molecule has 0 spiro atoms. The van der Waals surface area contributed by atoms with Crippen LogP contribution in [0.5, 0.6) is 0 Å². The summed E-state index contributed by atoms with van der Waals surface area (Å²) in [6, 6.07) is 5.80. The Balaban J connectivity index is 3.04. The first-order valence-electron chi connectivity index (χ1n) is 4.13. The average molecular weight is 205 g/mol. The van der Waals surface area contributed by atoms with Gasteiger partial charge >= 0.3 is 5.97 Å². The SMILES string of the molecule is COC(=O)c1ccc(C=CC#N)cc1F. The van der Waals surface area contributed by atoms with E-state index >= 15 is 0 Å². The summed E-state index contributed by atoms with van der Waals surface area (Å²) in [5.41, 5.74) is 0.397. The first-order valence-corrected chi connectivity index (χ1v) is 4.13. The van der Waals surface area contributed by atoms with E-state index in [2.05, 4.69) is 4.74 Å². The van der Waals surface area contributed by atoms with Gasteiger partial charge in [0.2, 0.25) is 0 Å². The second kappa shape index (κ2) is 4.91. The van der Waals surface area contributed by atoms with Crippen LogP contribution in [0, 0.1) is 17.1 Å². The highest BCUT2D eigenvalue weighted by atomic mass is 19.1. The fraction of sp³-hybridized carbons (Fsp3) is 0.0909. The molecule has 0 N–H and O–H groups in total. The minimum atomic E-state index is -0.719. The second-order valence-corrected chi connectivity index (χ2v) is 2.69. The monoisotopic (exact) mass is 205 g/mol. The molecule has 0 heterocycles. The van der Waals surface area contributed by atoms with E-state index in [1.54, 1.807) is 6.07 Å². The van der Waals surface area contributed by atoms with E-state index in [4.69, 9.17) is 5.26 Å². The maximum Gasteiger partial charge on any atom is 0.340 e. The molecule has 0 aromatic heterocycles. The van der Waals surface area contributed by atoms with E-state index in [-0.39, 0.29) is 5.56 Å². The molecule has 1 rings (SSSR count). The van der Waals surface area contributed by atoms with Crippen molar-refractivity contribution in [3.63, 3.8) is 0 Å². The molecule has 1 aromatic rings. The second-order valence-electron chi connectivity index (χ2n) is 2.69. The van der Waals surface area contributed by atoms with Gasteiger partial charge in [-0.1, -0.05) is 6.07 Å². The Kier molecular flexibility index (Phi) is 3.58. The van der Waals surface area contributed by atoms with Crippen LogP contribution in [-0.4, -0.2) is 13.1 Å². The molecule has 0 fully saturated rings. The summed E-state index contributed by atoms with van der Waals surface area (Å²) in [5, 5.41) is 8.27. The van der Waals surface area contributed by atoms with Crippen molar-refractivity contribution in [1.29, 1.82) is 5.26 Å². The van der Waals surface area contributed by atoms with Gasteiger partial charge in [0.15, 0.2) is 0 Å². The van der Waals surface area contributed by atoms with Gasteiger partial charge in [-0.25, -0.2) is 9.18 Å². The van der Waals surface area contributed by atoms with Gasteiger partial charge in [-0.15, -0.1) is 0 Å². The molecule has 0 aliphatic heterocycles. The van der Waals surface area contributed by atoms with E-state index in [1.807, 2.05) is 0 Å². The van der Waals surface area contributed by atoms with Crippen molar-refractivity contribution in [2.75, 3.05) is 7.11 Å². The number of methoxy groups -OCH3 is 1. The molecular weight excluding hydrogens is 197 g/mol. The predicted octanol–water partition coefficient (Wildman–Crippen LogP) is 2.15. The van der Waals surface area contributed by atoms with Crippen molar-refractivity contribution in [3.05, 3.63) is 41.2 Å². The lowest BCUT2D eigenvalue weighted by atomic mass is 10.1. The quantitative estimate of drug-likeness (QED) is 0.549. The van der Waals surface area contributed by atoms with Gasteiger partial charge in [-0.2, -0.15) is 5.26 Å². The van der Waals surface area contributed by atoms with Crippen molar-refractivity contribution in [1.82, 2.24) is 0 Å². The zero-order chi connectivity index (χ0) is 11.3. The maximum atomic E-state index is 13.3. The van der Waals surface area contributed by atoms with Crippen molar-refractivity contribution in [2.45, 2.75) is 0 Å². The first kappa shape index (κ1) is 10.9. The summed E-state index contributed by atoms with van der Waals surface area (Å²) in [5.74, 6) is -1.38. The van der Waals surface area contributed by atoms with E-state index in [9.17, 15) is 9.18 Å². The number of nitrogens with zero attached hydrogens (tertiary/aromatic N) is 1. The Morgan fingerprint density at radius 2 is 2.33 bits per heavy atom. The van der Waals surface area contributed by atoms with Gasteiger partial charge in [0.25, 0.3) is 0 Å². The number of rotatable bonds is 2. The van der Waals surface area contributed by atoms with Crippen LogP contribution in [-0.2, 0) is 4.74 Å². The third kappa shape index (κ3) is 2.64. The van der Waals surface area contributed by atoms with Crippen LogP contribution in [0.25, 0.3) is 6.08 Å². The molecule has 0 aliphatic rings. The topological polar surface area (TPSA) is 50.1 Å². The molecule has 3 nitrogen and oxygen atoms in total. The Morgan fingerprint density at radius 3 is 2.87 bits per heavy atom. The van der Waals surface area contributed by atoms with Gasteiger partial charge in [-0.3, -0.25) is 0 Å². The zero-order valence-corrected chi connectivity index (χ0v) is 8.03. The van der Waals surface area contributed by atoms with Gasteiger partial charge < -0.3 is 4.74 Å². The molecule has 0 atom stereocenters. The summed E-state index contributed by atoms with van der Waals surface area (Å²) in [6.45, 7) is 0. The third-order valence-electron chi connectivity index (χ3n) is 1.75. The number of carbonyl (C=O) groups is 1. The summed E-state index contributed by atoms with van der Waals surface area (Å²) in [6.07, 6.45) is 2.68. The lowest BCUT2D eigenvalue weighted by molar-refractivity contribution is 0.0595. The van der Waals surface area contributed by atoms with Crippen LogP contribution in [0.15, 0.2) is 24.3 Å². The lowest BCUT2D eigenvalue weighted by Gasteiger charge is -2.01. The molecule has 76 valence electrons. The van der Waals surface area contributed by atoms with Crippen molar-refractivity contribution in [2.24, 2.45) is 0 Å². The van der Waals surface area contributed by atoms with Gasteiger partial charge in [0.05, 0.1) is 18.7 Å². The maximum absolute atomic E-state index is 13.3. The number of allylic oxidation sites excluding steroid dienone is 1. The van der Waals surface area contributed by atoms with Gasteiger partial charge in [0, 0.05) is 6.08 Å². The summed E-state index contributed by atoms with van der Waals surface area (Å²) < 4.78 is 17.7. The van der Waals surface area contributed by atoms with E-state index < -0.39 is 11.8 Å². The molecule has 0 radical (unpaired) electrons. The molecule has 0 unspecified atom stereocenters. The highest BCUT2D eigenvalue weighted by Gasteiger charge is 2.11. The number of hydrogen-bond donors (Lipinski definition) is 0. The van der Waals surface area contributed by atoms with Crippen LogP contribution in [0.3, 0.4) is 0 Å². The average Bonchev–Trinajstić information content (AvgIpc) is 2.25. The molecule has 0 amide bonds. The number of benzene rings is 1. The molecule has 15 heavy (non-hydrogen) atoms. The molecule has 0 saturated heterocycles. The first-order chi connectivity index (χ1) is 7.19. The number of ether oxygens (including phenoxy) is 1. The Bertz CT molecular complexity index is 446. The lowest BCUT2D eigenvalue weighted by Crippen LogP contribution is -2.04. The molecular formula is C11H8FNO2. The largest absolute Gasteiger partial charge is 0.465 e. The van der Waals surface area contributed by atoms with Crippen LogP contribution in [0.4, 0.5) is 4.39 Å². The van der Waals surface area contributed by atoms with Crippen molar-refractivity contribution < 1.29 is 13.9 Å². The molecule has 4 heteroatoms. The van der Waals surface area contributed by atoms with E-state index in [0.717, 1.165) is 0 Å². The fourth-order valence-electron chi connectivity index (χ4n) is 1.04. The Hall–Kier alpha value is -2.15. The smallest absolute Gasteiger partial charge is 0.340 e. The number of esters is 1. The van der Waals surface area contributed by atoms with Crippen molar-refractivity contribution in [3.8, 4) is 6.07 Å². The van der Waals surface area contributed by atoms with Crippen LogP contribution >= 0.6 is 0 Å². The molecule has 0 aliphatic carbocycles. The standard InChI is InChI=1S/C11H8FNO2/c1-15-11(14)9-5-4-8(3-2-6-13)7-10(9)12/h2-5,7H,1H3. The predicted molar refractivity (Wildman–Crippen MR) is 52.4 cm³/mol. The summed E-state index contributed by atoms with van der Waals surface area (Å²) >= 11 is 0. The number of nitriles is 1. The molecule has 0 saturated carbocycles. The summed E-state index contributed by atoms with van der Waals surface area (Å²) in [4.78, 5) is 11.0. The van der Waals surface area contributed by atoms with Crippen molar-refractivity contribution >= 4 is 12.0 Å². The summed E-state index contributed by atoms with van der Waals surface area (Å²) in [7, 11) is 1.19. The highest BCUT2D eigenvalue weighted by Crippen LogP contribution is 2.12. The minimum Gasteiger partial charge on any atom is -0.465 e. The minimum absolute atomic E-state index is 0.119. The van der Waals surface area contributed by atoms with E-state index in [0.29, 0.717) is 5.56 Å². The fourth-order valence-corrected chi connectivity index (χ4v) is 1.04. The highest BCUT2D eigenvalue weighted by molar-refractivity contribution is 5.89. The van der Waals surface area contributed by atoms with E-state index in [1.165, 1.54) is 37.5 Å². The number of halogens is 1. The normalized spacial score (nSPS) is 9.93. The number of carbonyl (C=O) groups excluding carboxylic acids is 1. The Morgan fingerprint density at radius 1 is 1.60 bits per heavy atom. The Labute approximate surface area is 86.4 Å². The number of hydrogen-bond acceptors (Lipinski definition) is 3. The molecule has 0 bridgehead atoms. The van der Waals surface area contributed by atoms with Crippen LogP contribution in [0.1, 0.15) is 15.9 Å². The van der Waals surface area contributed by atoms with Crippen LogP contribution < -0.4 is 0 Å².